The maximum atomic E-state index is 12.8. The molecular formula is C30H54O2. The Labute approximate surface area is 200 Å². The van der Waals surface area contributed by atoms with E-state index in [1.165, 1.54) is 109 Å². The predicted molar refractivity (Wildman–Crippen MR) is 136 cm³/mol. The van der Waals surface area contributed by atoms with Crippen LogP contribution in [0.4, 0.5) is 0 Å². The summed E-state index contributed by atoms with van der Waals surface area (Å²) in [7, 11) is 0. The third kappa shape index (κ3) is 8.68. The molecule has 0 spiro atoms. The van der Waals surface area contributed by atoms with Crippen LogP contribution in [0.1, 0.15) is 149 Å². The minimum atomic E-state index is 0.148. The molecule has 0 bridgehead atoms. The molecule has 32 heavy (non-hydrogen) atoms. The maximum absolute atomic E-state index is 12.8. The fourth-order valence-corrected chi connectivity index (χ4v) is 7.10. The van der Waals surface area contributed by atoms with Crippen molar-refractivity contribution in [1.29, 1.82) is 0 Å². The Kier molecular flexibility index (Phi) is 12.0. The molecule has 0 unspecified atom stereocenters. The molecule has 3 saturated carbocycles. The van der Waals surface area contributed by atoms with Crippen LogP contribution in [0.15, 0.2) is 0 Å². The van der Waals surface area contributed by atoms with Crippen molar-refractivity contribution in [3.05, 3.63) is 0 Å². The lowest BCUT2D eigenvalue weighted by molar-refractivity contribution is -0.157. The smallest absolute Gasteiger partial charge is 0.309 e. The van der Waals surface area contributed by atoms with Gasteiger partial charge in [0.2, 0.25) is 0 Å². The van der Waals surface area contributed by atoms with Gasteiger partial charge in [-0.1, -0.05) is 84.5 Å². The van der Waals surface area contributed by atoms with E-state index in [2.05, 4.69) is 13.8 Å². The lowest BCUT2D eigenvalue weighted by atomic mass is 9.68. The summed E-state index contributed by atoms with van der Waals surface area (Å²) < 4.78 is 6.03. The summed E-state index contributed by atoms with van der Waals surface area (Å²) in [6, 6.07) is 0. The van der Waals surface area contributed by atoms with Crippen LogP contribution >= 0.6 is 0 Å². The van der Waals surface area contributed by atoms with Crippen molar-refractivity contribution in [2.24, 2.45) is 29.6 Å². The molecule has 3 aliphatic carbocycles. The third-order valence-corrected chi connectivity index (χ3v) is 9.42. The number of rotatable bonds is 12. The van der Waals surface area contributed by atoms with E-state index in [0.29, 0.717) is 0 Å². The summed E-state index contributed by atoms with van der Waals surface area (Å²) in [5.74, 6) is 4.08. The Balaban J connectivity index is 1.26. The molecule has 0 atom stereocenters. The molecule has 0 radical (unpaired) electrons. The van der Waals surface area contributed by atoms with Gasteiger partial charge in [-0.25, -0.2) is 0 Å². The Morgan fingerprint density at radius 2 is 1.09 bits per heavy atom. The molecule has 0 aromatic carbocycles. The largest absolute Gasteiger partial charge is 0.462 e. The highest BCUT2D eigenvalue weighted by Gasteiger charge is 2.34. The molecule has 0 saturated heterocycles. The molecule has 0 amide bonds. The van der Waals surface area contributed by atoms with E-state index < -0.39 is 0 Å². The first-order chi connectivity index (χ1) is 15.7. The van der Waals surface area contributed by atoms with Crippen LogP contribution in [0.2, 0.25) is 0 Å². The van der Waals surface area contributed by atoms with Crippen LogP contribution in [0.25, 0.3) is 0 Å². The maximum Gasteiger partial charge on any atom is 0.309 e. The Morgan fingerprint density at radius 3 is 1.69 bits per heavy atom. The number of carbonyl (C=O) groups excluding carboxylic acids is 1. The molecule has 186 valence electrons. The molecule has 0 heterocycles. The molecular weight excluding hydrogens is 392 g/mol. The number of ether oxygens (including phenoxy) is 1. The highest BCUT2D eigenvalue weighted by molar-refractivity contribution is 5.72. The molecule has 0 aromatic rings. The van der Waals surface area contributed by atoms with Crippen LogP contribution in [-0.4, -0.2) is 12.1 Å². The zero-order valence-corrected chi connectivity index (χ0v) is 21.6. The van der Waals surface area contributed by atoms with Gasteiger partial charge in [0.25, 0.3) is 0 Å². The van der Waals surface area contributed by atoms with E-state index in [1.807, 2.05) is 0 Å². The van der Waals surface area contributed by atoms with E-state index in [-0.39, 0.29) is 18.0 Å². The van der Waals surface area contributed by atoms with Gasteiger partial charge in [-0.3, -0.25) is 4.79 Å². The predicted octanol–water partition coefficient (Wildman–Crippen LogP) is 9.25. The summed E-state index contributed by atoms with van der Waals surface area (Å²) >= 11 is 0. The average Bonchev–Trinajstić information content (AvgIpc) is 2.84. The van der Waals surface area contributed by atoms with Crippen LogP contribution in [0.5, 0.6) is 0 Å². The molecule has 0 aromatic heterocycles. The zero-order chi connectivity index (χ0) is 22.6. The highest BCUT2D eigenvalue weighted by atomic mass is 16.5. The number of hydrogen-bond acceptors (Lipinski definition) is 2. The van der Waals surface area contributed by atoms with Crippen molar-refractivity contribution in [3.63, 3.8) is 0 Å². The molecule has 2 heteroatoms. The monoisotopic (exact) mass is 446 g/mol. The van der Waals surface area contributed by atoms with Crippen molar-refractivity contribution in [3.8, 4) is 0 Å². The van der Waals surface area contributed by atoms with Gasteiger partial charge in [0.15, 0.2) is 0 Å². The Hall–Kier alpha value is -0.530. The summed E-state index contributed by atoms with van der Waals surface area (Å²) in [6.45, 7) is 4.60. The van der Waals surface area contributed by atoms with Gasteiger partial charge in [0.05, 0.1) is 5.92 Å². The molecule has 3 rings (SSSR count). The second kappa shape index (κ2) is 14.7. The van der Waals surface area contributed by atoms with E-state index >= 15 is 0 Å². The first-order valence-corrected chi connectivity index (χ1v) is 14.9. The standard InChI is InChI=1S/C30H54O2/c1-3-5-7-8-9-11-25-14-22-29(23-15-25)32-30(31)28-20-18-27(19-21-28)26-16-12-24(13-17-26)10-6-4-2/h24-29H,3-23H2,1-2H3. The van der Waals surface area contributed by atoms with E-state index in [9.17, 15) is 4.79 Å². The molecule has 0 N–H and O–H groups in total. The van der Waals surface area contributed by atoms with Crippen molar-refractivity contribution in [2.45, 2.75) is 155 Å². The van der Waals surface area contributed by atoms with Crippen molar-refractivity contribution < 1.29 is 9.53 Å². The topological polar surface area (TPSA) is 26.3 Å². The van der Waals surface area contributed by atoms with Crippen LogP contribution in [0.3, 0.4) is 0 Å². The summed E-state index contributed by atoms with van der Waals surface area (Å²) in [6.07, 6.45) is 28.1. The molecule has 2 nitrogen and oxygen atoms in total. The quantitative estimate of drug-likeness (QED) is 0.220. The number of unbranched alkanes of at least 4 members (excludes halogenated alkanes) is 5. The lowest BCUT2D eigenvalue weighted by Crippen LogP contribution is -2.32. The van der Waals surface area contributed by atoms with Crippen LogP contribution in [-0.2, 0) is 9.53 Å². The summed E-state index contributed by atoms with van der Waals surface area (Å²) in [5.41, 5.74) is 0. The minimum Gasteiger partial charge on any atom is -0.462 e. The van der Waals surface area contributed by atoms with Gasteiger partial charge in [0, 0.05) is 0 Å². The first-order valence-electron chi connectivity index (χ1n) is 14.9. The number of hydrogen-bond donors (Lipinski definition) is 0. The van der Waals surface area contributed by atoms with Gasteiger partial charge in [-0.05, 0) is 87.9 Å². The first kappa shape index (κ1) is 26.1. The fraction of sp³-hybridized carbons (Fsp3) is 0.967. The van der Waals surface area contributed by atoms with E-state index in [1.54, 1.807) is 0 Å². The highest BCUT2D eigenvalue weighted by Crippen LogP contribution is 2.42. The van der Waals surface area contributed by atoms with Gasteiger partial charge >= 0.3 is 5.97 Å². The lowest BCUT2D eigenvalue weighted by Gasteiger charge is -2.38. The van der Waals surface area contributed by atoms with Crippen LogP contribution in [0, 0.1) is 29.6 Å². The van der Waals surface area contributed by atoms with Crippen LogP contribution < -0.4 is 0 Å². The van der Waals surface area contributed by atoms with E-state index in [4.69, 9.17) is 4.74 Å². The van der Waals surface area contributed by atoms with Gasteiger partial charge in [0.1, 0.15) is 6.10 Å². The number of carbonyl (C=O) groups is 1. The summed E-state index contributed by atoms with van der Waals surface area (Å²) in [4.78, 5) is 12.8. The van der Waals surface area contributed by atoms with Crippen molar-refractivity contribution >= 4 is 5.97 Å². The normalized spacial score (nSPS) is 33.7. The second-order valence-electron chi connectivity index (χ2n) is 11.8. The van der Waals surface area contributed by atoms with E-state index in [0.717, 1.165) is 49.4 Å². The Bertz CT molecular complexity index is 491. The molecule has 3 aliphatic rings. The second-order valence-corrected chi connectivity index (χ2v) is 11.8. The summed E-state index contributed by atoms with van der Waals surface area (Å²) in [5, 5.41) is 0. The average molecular weight is 447 g/mol. The zero-order valence-electron chi connectivity index (χ0n) is 21.6. The Morgan fingerprint density at radius 1 is 0.594 bits per heavy atom. The van der Waals surface area contributed by atoms with Gasteiger partial charge in [-0.2, -0.15) is 0 Å². The number of esters is 1. The third-order valence-electron chi connectivity index (χ3n) is 9.42. The molecule has 0 aliphatic heterocycles. The SMILES string of the molecule is CCCCCCCC1CCC(OC(=O)C2CCC(C3CCC(CCCC)CC3)CC2)CC1. The molecule has 3 fully saturated rings. The van der Waals surface area contributed by atoms with Gasteiger partial charge < -0.3 is 4.74 Å². The van der Waals surface area contributed by atoms with Gasteiger partial charge in [-0.15, -0.1) is 0 Å². The fourth-order valence-electron chi connectivity index (χ4n) is 7.10. The van der Waals surface area contributed by atoms with Crippen molar-refractivity contribution in [1.82, 2.24) is 0 Å². The van der Waals surface area contributed by atoms with Crippen molar-refractivity contribution in [2.75, 3.05) is 0 Å². The minimum absolute atomic E-state index is 0.148.